The lowest BCUT2D eigenvalue weighted by Gasteiger charge is -2.60. The van der Waals surface area contributed by atoms with Gasteiger partial charge in [0, 0.05) is 10.4 Å². The van der Waals surface area contributed by atoms with Crippen molar-refractivity contribution in [1.82, 2.24) is 10.6 Å². The summed E-state index contributed by atoms with van der Waals surface area (Å²) in [4.78, 5) is 22.9. The third-order valence-corrected chi connectivity index (χ3v) is 5.43. The van der Waals surface area contributed by atoms with Crippen molar-refractivity contribution < 1.29 is 14.3 Å². The molecule has 0 radical (unpaired) electrons. The van der Waals surface area contributed by atoms with Crippen molar-refractivity contribution in [3.05, 3.63) is 0 Å². The molecule has 0 aromatic rings. The Morgan fingerprint density at radius 3 is 2.45 bits per heavy atom. The zero-order valence-electron chi connectivity index (χ0n) is 11.7. The lowest BCUT2D eigenvalue weighted by atomic mass is 9.52. The predicted octanol–water partition coefficient (Wildman–Crippen LogP) is 1.79. The molecule has 4 bridgehead atoms. The number of nitrogens with one attached hydrogen (secondary N) is 2. The minimum absolute atomic E-state index is 0.0999. The quantitative estimate of drug-likeness (QED) is 0.617. The molecule has 0 saturated heterocycles. The minimum atomic E-state index is -0.445. The Balaban J connectivity index is 1.62. The highest BCUT2D eigenvalue weighted by Crippen LogP contribution is 2.59. The maximum Gasteiger partial charge on any atom is 0.325 e. The first kappa shape index (κ1) is 14.0. The third kappa shape index (κ3) is 2.60. The van der Waals surface area contributed by atoms with Crippen LogP contribution in [0.3, 0.4) is 0 Å². The summed E-state index contributed by atoms with van der Waals surface area (Å²) in [5.41, 5.74) is -0.175. The normalized spacial score (nSPS) is 41.3. The molecule has 2 atom stereocenters. The van der Waals surface area contributed by atoms with Crippen LogP contribution in [0.15, 0.2) is 0 Å². The lowest BCUT2D eigenvalue weighted by molar-refractivity contribution is -0.139. The maximum absolute atomic E-state index is 12.0. The Labute approximate surface area is 123 Å². The number of rotatable bonds is 3. The number of ether oxygens (including phenoxy) is 1. The van der Waals surface area contributed by atoms with Gasteiger partial charge >= 0.3 is 12.0 Å². The molecule has 4 fully saturated rings. The smallest absolute Gasteiger partial charge is 0.325 e. The first-order valence-electron chi connectivity index (χ1n) is 7.24. The average Bonchev–Trinajstić information content (AvgIpc) is 2.32. The van der Waals surface area contributed by atoms with Crippen LogP contribution in [0.1, 0.15) is 38.5 Å². The van der Waals surface area contributed by atoms with Crippen LogP contribution in [0.2, 0.25) is 0 Å². The summed E-state index contributed by atoms with van der Waals surface area (Å²) in [7, 11) is 1.30. The second-order valence-electron chi connectivity index (χ2n) is 6.78. The first-order valence-corrected chi connectivity index (χ1v) is 7.62. The van der Waals surface area contributed by atoms with E-state index in [0.29, 0.717) is 11.8 Å². The van der Waals surface area contributed by atoms with Crippen molar-refractivity contribution in [1.29, 1.82) is 0 Å². The van der Waals surface area contributed by atoms with Gasteiger partial charge in [-0.2, -0.15) is 0 Å². The predicted molar refractivity (Wildman–Crippen MR) is 74.5 cm³/mol. The largest absolute Gasteiger partial charge is 0.468 e. The molecule has 2 amide bonds. The fourth-order valence-electron chi connectivity index (χ4n) is 4.81. The van der Waals surface area contributed by atoms with E-state index in [-0.39, 0.29) is 23.0 Å². The van der Waals surface area contributed by atoms with Crippen LogP contribution < -0.4 is 10.6 Å². The van der Waals surface area contributed by atoms with E-state index in [0.717, 1.165) is 32.1 Å². The van der Waals surface area contributed by atoms with Crippen LogP contribution in [-0.4, -0.2) is 36.1 Å². The van der Waals surface area contributed by atoms with Gasteiger partial charge in [0.1, 0.15) is 6.54 Å². The number of esters is 1. The zero-order chi connectivity index (χ0) is 14.4. The average molecular weight is 301 g/mol. The van der Waals surface area contributed by atoms with Crippen LogP contribution in [0, 0.1) is 11.8 Å². The van der Waals surface area contributed by atoms with Gasteiger partial charge in [0.05, 0.1) is 7.11 Å². The molecule has 0 aromatic heterocycles. The highest BCUT2D eigenvalue weighted by Gasteiger charge is 2.57. The first-order chi connectivity index (χ1) is 9.42. The second-order valence-corrected chi connectivity index (χ2v) is 7.58. The topological polar surface area (TPSA) is 67.4 Å². The SMILES string of the molecule is COC(=O)CNC(=O)NC12C[C@@H]3C[C@H](CC(Cl)(C3)C1)C2. The van der Waals surface area contributed by atoms with Gasteiger partial charge in [0.25, 0.3) is 0 Å². The summed E-state index contributed by atoms with van der Waals surface area (Å²) in [6.45, 7) is -0.0999. The highest BCUT2D eigenvalue weighted by molar-refractivity contribution is 6.24. The van der Waals surface area contributed by atoms with E-state index in [1.807, 2.05) is 0 Å². The van der Waals surface area contributed by atoms with Crippen molar-refractivity contribution in [3.63, 3.8) is 0 Å². The number of methoxy groups -OCH3 is 1. The molecule has 0 aromatic carbocycles. The van der Waals surface area contributed by atoms with Crippen LogP contribution >= 0.6 is 11.6 Å². The Bertz CT molecular complexity index is 426. The molecule has 4 aliphatic carbocycles. The van der Waals surface area contributed by atoms with Crippen molar-refractivity contribution in [2.24, 2.45) is 11.8 Å². The molecular formula is C14H21ClN2O3. The Hall–Kier alpha value is -0.970. The molecule has 4 aliphatic rings. The van der Waals surface area contributed by atoms with Crippen LogP contribution in [-0.2, 0) is 9.53 Å². The summed E-state index contributed by atoms with van der Waals surface area (Å²) in [6.07, 6.45) is 6.30. The summed E-state index contributed by atoms with van der Waals surface area (Å²) in [5.74, 6) is 0.823. The number of hydrogen-bond acceptors (Lipinski definition) is 3. The fourth-order valence-corrected chi connectivity index (χ4v) is 5.50. The van der Waals surface area contributed by atoms with Gasteiger partial charge < -0.3 is 15.4 Å². The van der Waals surface area contributed by atoms with Crippen molar-refractivity contribution >= 4 is 23.6 Å². The van der Waals surface area contributed by atoms with E-state index < -0.39 is 5.97 Å². The molecule has 5 nitrogen and oxygen atoms in total. The molecule has 6 heteroatoms. The number of carbonyl (C=O) groups is 2. The molecule has 4 rings (SSSR count). The van der Waals surface area contributed by atoms with Gasteiger partial charge in [-0.15, -0.1) is 11.6 Å². The van der Waals surface area contributed by atoms with E-state index >= 15 is 0 Å². The summed E-state index contributed by atoms with van der Waals surface area (Å²) >= 11 is 6.71. The summed E-state index contributed by atoms with van der Waals surface area (Å²) in [6, 6.07) is -0.294. The molecular weight excluding hydrogens is 280 g/mol. The zero-order valence-corrected chi connectivity index (χ0v) is 12.5. The Morgan fingerprint density at radius 1 is 1.25 bits per heavy atom. The number of carbonyl (C=O) groups excluding carboxylic acids is 2. The Kier molecular flexibility index (Phi) is 3.35. The van der Waals surface area contributed by atoms with Crippen LogP contribution in [0.25, 0.3) is 0 Å². The fraction of sp³-hybridized carbons (Fsp3) is 0.857. The molecule has 0 unspecified atom stereocenters. The third-order valence-electron chi connectivity index (χ3n) is 4.99. The van der Waals surface area contributed by atoms with Gasteiger partial charge in [0.15, 0.2) is 0 Å². The lowest BCUT2D eigenvalue weighted by Crippen LogP contribution is -2.65. The van der Waals surface area contributed by atoms with E-state index in [1.165, 1.54) is 13.5 Å². The highest BCUT2D eigenvalue weighted by atomic mass is 35.5. The second kappa shape index (κ2) is 4.79. The van der Waals surface area contributed by atoms with Crippen LogP contribution in [0.5, 0.6) is 0 Å². The van der Waals surface area contributed by atoms with E-state index in [9.17, 15) is 9.59 Å². The molecule has 112 valence electrons. The number of hydrogen-bond donors (Lipinski definition) is 2. The summed E-state index contributed by atoms with van der Waals surface area (Å²) in [5, 5.41) is 5.64. The van der Waals surface area contributed by atoms with Crippen molar-refractivity contribution in [3.8, 4) is 0 Å². The molecule has 0 heterocycles. The van der Waals surface area contributed by atoms with Gasteiger partial charge in [-0.1, -0.05) is 0 Å². The van der Waals surface area contributed by atoms with E-state index in [2.05, 4.69) is 15.4 Å². The van der Waals surface area contributed by atoms with Gasteiger partial charge in [0.2, 0.25) is 0 Å². The minimum Gasteiger partial charge on any atom is -0.468 e. The number of urea groups is 1. The standard InChI is InChI=1S/C14H21ClN2O3/c1-20-11(18)7-16-12(19)17-14-5-9-2-10(6-14)4-13(15,3-9)8-14/h9-10H,2-8H2,1H3,(H2,16,17,19)/t9-,10-,13?,14?/m1/s1. The summed E-state index contributed by atoms with van der Waals surface area (Å²) < 4.78 is 4.51. The molecule has 0 aliphatic heterocycles. The molecule has 4 saturated carbocycles. The number of alkyl halides is 1. The van der Waals surface area contributed by atoms with Gasteiger partial charge in [-0.3, -0.25) is 4.79 Å². The van der Waals surface area contributed by atoms with Crippen LogP contribution in [0.4, 0.5) is 4.79 Å². The van der Waals surface area contributed by atoms with E-state index in [4.69, 9.17) is 11.6 Å². The molecule has 2 N–H and O–H groups in total. The van der Waals surface area contributed by atoms with Crippen molar-refractivity contribution in [2.45, 2.75) is 48.9 Å². The van der Waals surface area contributed by atoms with Gasteiger partial charge in [-0.05, 0) is 50.4 Å². The molecule has 0 spiro atoms. The van der Waals surface area contributed by atoms with Gasteiger partial charge in [-0.25, -0.2) is 4.79 Å². The number of halogens is 1. The maximum atomic E-state index is 12.0. The Morgan fingerprint density at radius 2 is 1.90 bits per heavy atom. The molecule has 20 heavy (non-hydrogen) atoms. The van der Waals surface area contributed by atoms with E-state index in [1.54, 1.807) is 0 Å². The monoisotopic (exact) mass is 300 g/mol. The van der Waals surface area contributed by atoms with Crippen molar-refractivity contribution in [2.75, 3.05) is 13.7 Å². The number of amides is 2.